The molecule has 102 valence electrons. The van der Waals surface area contributed by atoms with Gasteiger partial charge in [-0.05, 0) is 24.1 Å². The van der Waals surface area contributed by atoms with Crippen molar-refractivity contribution < 1.29 is 14.4 Å². The number of phenols is 1. The molecule has 0 amide bonds. The first kappa shape index (κ1) is 13.8. The highest BCUT2D eigenvalue weighted by atomic mass is 35.5. The average molecular weight is 283 g/mol. The summed E-state index contributed by atoms with van der Waals surface area (Å²) in [4.78, 5) is 4.26. The zero-order valence-corrected chi connectivity index (χ0v) is 11.7. The highest BCUT2D eigenvalue weighted by Gasteiger charge is 2.22. The zero-order chi connectivity index (χ0) is 14.0. The second-order valence-electron chi connectivity index (χ2n) is 4.52. The number of rotatable bonds is 4. The van der Waals surface area contributed by atoms with Gasteiger partial charge in [0, 0.05) is 12.1 Å². The van der Waals surface area contributed by atoms with E-state index in [1.54, 1.807) is 19.2 Å². The number of hydrogen-bond donors (Lipinski definition) is 1. The minimum absolute atomic E-state index is 0.00112. The Balaban J connectivity index is 2.35. The number of hydrogen-bond acceptors (Lipinski definition) is 5. The molecule has 0 aliphatic heterocycles. The van der Waals surface area contributed by atoms with Crippen LogP contribution >= 0.6 is 11.6 Å². The van der Waals surface area contributed by atoms with Crippen LogP contribution in [0.1, 0.15) is 25.8 Å². The van der Waals surface area contributed by atoms with Crippen LogP contribution in [0.3, 0.4) is 0 Å². The second kappa shape index (κ2) is 5.59. The first-order valence-electron chi connectivity index (χ1n) is 5.88. The van der Waals surface area contributed by atoms with Gasteiger partial charge in [-0.3, -0.25) is 0 Å². The number of aromatic nitrogens is 2. The van der Waals surface area contributed by atoms with Crippen LogP contribution in [-0.4, -0.2) is 22.4 Å². The fraction of sp³-hybridized carbons (Fsp3) is 0.385. The van der Waals surface area contributed by atoms with Gasteiger partial charge in [0.2, 0.25) is 5.82 Å². The third-order valence-corrected chi connectivity index (χ3v) is 2.98. The van der Waals surface area contributed by atoms with Crippen molar-refractivity contribution in [3.8, 4) is 17.2 Å². The molecular formula is C13H15ClN2O3. The first-order chi connectivity index (χ1) is 9.02. The van der Waals surface area contributed by atoms with Crippen LogP contribution in [0.2, 0.25) is 5.02 Å². The van der Waals surface area contributed by atoms with Crippen molar-refractivity contribution in [3.05, 3.63) is 29.0 Å². The van der Waals surface area contributed by atoms with Crippen LogP contribution in [0.5, 0.6) is 5.75 Å². The molecule has 0 aliphatic carbocycles. The van der Waals surface area contributed by atoms with E-state index in [1.807, 2.05) is 13.8 Å². The van der Waals surface area contributed by atoms with E-state index in [0.29, 0.717) is 16.4 Å². The fourth-order valence-corrected chi connectivity index (χ4v) is 1.99. The first-order valence-corrected chi connectivity index (χ1v) is 6.26. The van der Waals surface area contributed by atoms with Gasteiger partial charge in [0.15, 0.2) is 0 Å². The number of nitrogens with zero attached hydrogens (tertiary/aromatic N) is 2. The Kier molecular flexibility index (Phi) is 4.07. The molecule has 0 aliphatic rings. The summed E-state index contributed by atoms with van der Waals surface area (Å²) < 4.78 is 10.5. The van der Waals surface area contributed by atoms with E-state index < -0.39 is 0 Å². The lowest BCUT2D eigenvalue weighted by atomic mass is 10.1. The van der Waals surface area contributed by atoms with Crippen molar-refractivity contribution in [2.24, 2.45) is 5.92 Å². The Morgan fingerprint density at radius 2 is 2.11 bits per heavy atom. The summed E-state index contributed by atoms with van der Waals surface area (Å²) in [5, 5.41) is 14.2. The lowest BCUT2D eigenvalue weighted by Crippen LogP contribution is -2.10. The second-order valence-corrected chi connectivity index (χ2v) is 4.96. The van der Waals surface area contributed by atoms with E-state index >= 15 is 0 Å². The predicted octanol–water partition coefficient (Wildman–Crippen LogP) is 3.44. The molecule has 1 atom stereocenters. The Morgan fingerprint density at radius 1 is 1.37 bits per heavy atom. The molecule has 0 fully saturated rings. The molecule has 0 bridgehead atoms. The minimum atomic E-state index is -0.244. The van der Waals surface area contributed by atoms with Gasteiger partial charge in [0.1, 0.15) is 11.9 Å². The van der Waals surface area contributed by atoms with Crippen LogP contribution in [-0.2, 0) is 4.74 Å². The van der Waals surface area contributed by atoms with Crippen LogP contribution in [0, 0.1) is 5.92 Å². The number of aromatic hydroxyl groups is 1. The van der Waals surface area contributed by atoms with Gasteiger partial charge in [-0.2, -0.15) is 4.98 Å². The third-order valence-electron chi connectivity index (χ3n) is 2.75. The lowest BCUT2D eigenvalue weighted by molar-refractivity contribution is 0.0556. The summed E-state index contributed by atoms with van der Waals surface area (Å²) in [6.45, 7) is 4.01. The summed E-state index contributed by atoms with van der Waals surface area (Å²) in [7, 11) is 1.60. The van der Waals surface area contributed by atoms with Gasteiger partial charge >= 0.3 is 0 Å². The van der Waals surface area contributed by atoms with Crippen molar-refractivity contribution in [2.75, 3.05) is 7.11 Å². The van der Waals surface area contributed by atoms with E-state index in [2.05, 4.69) is 10.1 Å². The molecule has 1 heterocycles. The molecule has 0 saturated heterocycles. The standard InChI is InChI=1S/C13H15ClN2O3/c1-7(2)11(18-3)12-15-13(19-16-12)9-5-4-8(14)6-10(9)17/h4-7,11,17H,1-3H3. The van der Waals surface area contributed by atoms with Crippen LogP contribution in [0.25, 0.3) is 11.5 Å². The number of halogens is 1. The fourth-order valence-electron chi connectivity index (χ4n) is 1.82. The molecule has 0 radical (unpaired) electrons. The SMILES string of the molecule is COC(c1noc(-c2ccc(Cl)cc2O)n1)C(C)C. The van der Waals surface area contributed by atoms with Crippen molar-refractivity contribution in [2.45, 2.75) is 20.0 Å². The highest BCUT2D eigenvalue weighted by molar-refractivity contribution is 6.30. The Hall–Kier alpha value is -1.59. The van der Waals surface area contributed by atoms with E-state index in [9.17, 15) is 5.11 Å². The Labute approximate surface area is 116 Å². The number of methoxy groups -OCH3 is 1. The third kappa shape index (κ3) is 2.88. The Bertz CT molecular complexity index is 569. The largest absolute Gasteiger partial charge is 0.507 e. The molecule has 1 N–H and O–H groups in total. The van der Waals surface area contributed by atoms with Crippen LogP contribution in [0.15, 0.2) is 22.7 Å². The smallest absolute Gasteiger partial charge is 0.261 e. The number of benzene rings is 1. The molecule has 1 aromatic carbocycles. The van der Waals surface area contributed by atoms with Gasteiger partial charge in [-0.1, -0.05) is 30.6 Å². The van der Waals surface area contributed by atoms with Gasteiger partial charge in [-0.25, -0.2) is 0 Å². The van der Waals surface area contributed by atoms with E-state index in [0.717, 1.165) is 0 Å². The maximum atomic E-state index is 9.82. The summed E-state index contributed by atoms with van der Waals surface area (Å²) in [6.07, 6.45) is -0.244. The normalized spacial score (nSPS) is 12.9. The monoisotopic (exact) mass is 282 g/mol. The molecule has 2 rings (SSSR count). The highest BCUT2D eigenvalue weighted by Crippen LogP contribution is 2.32. The average Bonchev–Trinajstić information content (AvgIpc) is 2.78. The van der Waals surface area contributed by atoms with Crippen LogP contribution in [0.4, 0.5) is 0 Å². The topological polar surface area (TPSA) is 68.4 Å². The van der Waals surface area contributed by atoms with Crippen molar-refractivity contribution in [3.63, 3.8) is 0 Å². The molecule has 5 nitrogen and oxygen atoms in total. The Morgan fingerprint density at radius 3 is 2.68 bits per heavy atom. The number of phenolic OH excluding ortho intramolecular Hbond substituents is 1. The van der Waals surface area contributed by atoms with Crippen molar-refractivity contribution in [1.82, 2.24) is 10.1 Å². The quantitative estimate of drug-likeness (QED) is 0.930. The van der Waals surface area contributed by atoms with Crippen LogP contribution < -0.4 is 0 Å². The molecule has 6 heteroatoms. The van der Waals surface area contributed by atoms with Gasteiger partial charge in [-0.15, -0.1) is 0 Å². The maximum absolute atomic E-state index is 9.82. The molecule has 2 aromatic rings. The predicted molar refractivity (Wildman–Crippen MR) is 71.0 cm³/mol. The molecule has 0 saturated carbocycles. The summed E-state index contributed by atoms with van der Waals surface area (Å²) >= 11 is 5.78. The zero-order valence-electron chi connectivity index (χ0n) is 10.9. The molecular weight excluding hydrogens is 268 g/mol. The summed E-state index contributed by atoms with van der Waals surface area (Å²) in [5.74, 6) is 0.921. The van der Waals surface area contributed by atoms with Crippen molar-refractivity contribution in [1.29, 1.82) is 0 Å². The van der Waals surface area contributed by atoms with E-state index in [1.165, 1.54) is 6.07 Å². The molecule has 0 spiro atoms. The minimum Gasteiger partial charge on any atom is -0.507 e. The molecule has 1 aromatic heterocycles. The summed E-state index contributed by atoms with van der Waals surface area (Å²) in [6, 6.07) is 4.71. The van der Waals surface area contributed by atoms with Gasteiger partial charge in [0.05, 0.1) is 5.56 Å². The van der Waals surface area contributed by atoms with Crippen molar-refractivity contribution >= 4 is 11.6 Å². The van der Waals surface area contributed by atoms with E-state index in [4.69, 9.17) is 20.9 Å². The van der Waals surface area contributed by atoms with Gasteiger partial charge in [0.25, 0.3) is 5.89 Å². The summed E-state index contributed by atoms with van der Waals surface area (Å²) in [5.41, 5.74) is 0.446. The van der Waals surface area contributed by atoms with Gasteiger partial charge < -0.3 is 14.4 Å². The molecule has 19 heavy (non-hydrogen) atoms. The van der Waals surface area contributed by atoms with E-state index in [-0.39, 0.29) is 23.7 Å². The maximum Gasteiger partial charge on any atom is 0.261 e. The number of ether oxygens (including phenoxy) is 1. The lowest BCUT2D eigenvalue weighted by Gasteiger charge is -2.14. The molecule has 1 unspecified atom stereocenters.